The molecule has 0 atom stereocenters. The third kappa shape index (κ3) is 17.9. The number of carbonyl (C=O) groups is 2. The standard InChI is InChI=1S/C31H31F3N6O2.C22H16F3N5O.C8H16N2O2/c1-38-11-13-39(14-12-38)10-9-25(41)6-5-22-18-35-31(36-19-22)23-4-2-3-21(15-23)20-40-29(42)8-7-28(37-40)24-16-26(32)30(34)27(33)17-24;23-17-7-16(8-18(24)21(17)25)19-4-5-20(31)30(29-19)12-13-2-1-3-15(6-13)22-27-10-14(9-26)11-28-22;1-9-4-6-10(7-5-9)3-2-8(11)12/h2-4,7-8,15-19H,5-6,9-14,20H2,1H3;1-8,10-11H,9,12,26H2;2-7H2,1H3,(H,11,12). The molecule has 444 valence electrons. The summed E-state index contributed by atoms with van der Waals surface area (Å²) in [6.45, 7) is 10.2. The number of ketones is 1. The fourth-order valence-corrected chi connectivity index (χ4v) is 9.13. The zero-order valence-electron chi connectivity index (χ0n) is 46.9. The van der Waals surface area contributed by atoms with Crippen LogP contribution in [0.1, 0.15) is 41.5 Å². The highest BCUT2D eigenvalue weighted by Crippen LogP contribution is 2.25. The van der Waals surface area contributed by atoms with E-state index in [2.05, 4.69) is 63.8 Å². The molecule has 4 aromatic heterocycles. The quantitative estimate of drug-likeness (QED) is 0.0655. The van der Waals surface area contributed by atoms with Crippen molar-refractivity contribution in [3.8, 4) is 45.3 Å². The SMILES string of the molecule is CN1CCN(CCC(=O)CCc2cnc(-c3cccc(Cn4nc(-c5cc(F)c(F)c(F)c5)ccc4=O)c3)nc2)CC1.CN1CCN(CCC(=O)O)CC1.NCc1cnc(-c2cccc(Cn3nc(-c4cc(F)c(F)c(F)c4)ccc3=O)c2)nc1. The van der Waals surface area contributed by atoms with Crippen LogP contribution in [0.15, 0.2) is 131 Å². The number of carbonyl (C=O) groups excluding carboxylic acids is 1. The number of aryl methyl sites for hydroxylation is 1. The van der Waals surface area contributed by atoms with Crippen molar-refractivity contribution in [1.82, 2.24) is 59.1 Å². The Kier molecular flexibility index (Phi) is 21.8. The Hall–Kier alpha value is -8.68. The highest BCUT2D eigenvalue weighted by molar-refractivity contribution is 5.78. The van der Waals surface area contributed by atoms with Gasteiger partial charge in [0, 0.05) is 150 Å². The minimum atomic E-state index is -1.57. The molecule has 2 aliphatic heterocycles. The van der Waals surface area contributed by atoms with Crippen molar-refractivity contribution >= 4 is 11.8 Å². The average molecular weight is 1170 g/mol. The van der Waals surface area contributed by atoms with E-state index in [-0.39, 0.29) is 47.8 Å². The van der Waals surface area contributed by atoms with Crippen molar-refractivity contribution in [2.24, 2.45) is 5.73 Å². The van der Waals surface area contributed by atoms with Crippen LogP contribution in [0.2, 0.25) is 0 Å². The van der Waals surface area contributed by atoms with Crippen LogP contribution >= 0.6 is 0 Å². The largest absolute Gasteiger partial charge is 0.481 e. The second-order valence-electron chi connectivity index (χ2n) is 20.6. The maximum absolute atomic E-state index is 13.7. The number of halogens is 6. The molecule has 2 saturated heterocycles. The molecule has 10 rings (SSSR count). The van der Waals surface area contributed by atoms with Crippen molar-refractivity contribution in [1.29, 1.82) is 0 Å². The van der Waals surface area contributed by atoms with E-state index in [1.165, 1.54) is 24.3 Å². The Bertz CT molecular complexity index is 3660. The van der Waals surface area contributed by atoms with E-state index < -0.39 is 52.0 Å². The van der Waals surface area contributed by atoms with Gasteiger partial charge in [0.2, 0.25) is 0 Å². The number of likely N-dealkylation sites (N-methyl/N-ethyl adjacent to an activating group) is 2. The first-order valence-corrected chi connectivity index (χ1v) is 27.4. The molecule has 2 aliphatic rings. The molecule has 4 aromatic carbocycles. The topological polar surface area (TPSA) is 215 Å². The average Bonchev–Trinajstić information content (AvgIpc) is 3.53. The van der Waals surface area contributed by atoms with E-state index in [1.807, 2.05) is 30.3 Å². The van der Waals surface area contributed by atoms with Gasteiger partial charge in [-0.1, -0.05) is 36.4 Å². The lowest BCUT2D eigenvalue weighted by Crippen LogP contribution is -2.45. The molecule has 8 aromatic rings. The first-order chi connectivity index (χ1) is 40.9. The summed E-state index contributed by atoms with van der Waals surface area (Å²) in [5.41, 5.74) is 9.67. The van der Waals surface area contributed by atoms with Gasteiger partial charge in [0.15, 0.2) is 46.6 Å². The van der Waals surface area contributed by atoms with Crippen LogP contribution in [0.4, 0.5) is 26.3 Å². The maximum atomic E-state index is 13.7. The third-order valence-corrected chi connectivity index (χ3v) is 14.2. The number of nitrogens with zero attached hydrogens (tertiary/aromatic N) is 12. The number of aliphatic carboxylic acids is 1. The molecule has 6 heterocycles. The highest BCUT2D eigenvalue weighted by atomic mass is 19.2. The highest BCUT2D eigenvalue weighted by Gasteiger charge is 2.19. The fourth-order valence-electron chi connectivity index (χ4n) is 9.13. The van der Waals surface area contributed by atoms with Gasteiger partial charge in [0.25, 0.3) is 11.1 Å². The van der Waals surface area contributed by atoms with Gasteiger partial charge >= 0.3 is 5.97 Å². The van der Waals surface area contributed by atoms with E-state index in [0.717, 1.165) is 126 Å². The summed E-state index contributed by atoms with van der Waals surface area (Å²) in [5, 5.41) is 16.9. The first kappa shape index (κ1) is 62.4. The lowest BCUT2D eigenvalue weighted by molar-refractivity contribution is -0.137. The molecule has 0 amide bonds. The van der Waals surface area contributed by atoms with E-state index in [0.29, 0.717) is 44.0 Å². The van der Waals surface area contributed by atoms with E-state index in [1.54, 1.807) is 43.0 Å². The number of hydrogen-bond acceptors (Lipinski definition) is 15. The molecular weight excluding hydrogens is 1110 g/mol. The molecule has 0 radical (unpaired) electrons. The third-order valence-electron chi connectivity index (χ3n) is 14.2. The number of carboxylic acids is 1. The van der Waals surface area contributed by atoms with Gasteiger partial charge in [-0.05, 0) is 85.7 Å². The van der Waals surface area contributed by atoms with Crippen molar-refractivity contribution in [3.05, 3.63) is 200 Å². The summed E-state index contributed by atoms with van der Waals surface area (Å²) in [7, 11) is 4.20. The van der Waals surface area contributed by atoms with Gasteiger partial charge < -0.3 is 30.4 Å². The van der Waals surface area contributed by atoms with Crippen molar-refractivity contribution in [2.45, 2.75) is 45.3 Å². The number of piperazine rings is 2. The Balaban J connectivity index is 0.000000191. The summed E-state index contributed by atoms with van der Waals surface area (Å²) < 4.78 is 83.5. The lowest BCUT2D eigenvalue weighted by Gasteiger charge is -2.32. The van der Waals surface area contributed by atoms with Crippen molar-refractivity contribution in [3.63, 3.8) is 0 Å². The summed E-state index contributed by atoms with van der Waals surface area (Å²) in [4.78, 5) is 74.0. The van der Waals surface area contributed by atoms with E-state index in [4.69, 9.17) is 10.8 Å². The molecule has 85 heavy (non-hydrogen) atoms. The predicted molar refractivity (Wildman–Crippen MR) is 307 cm³/mol. The molecule has 24 heteroatoms. The van der Waals surface area contributed by atoms with E-state index in [9.17, 15) is 45.5 Å². The van der Waals surface area contributed by atoms with Crippen molar-refractivity contribution < 1.29 is 41.0 Å². The van der Waals surface area contributed by atoms with Gasteiger partial charge in [0.1, 0.15) is 5.78 Å². The molecule has 3 N–H and O–H groups in total. The summed E-state index contributed by atoms with van der Waals surface area (Å²) in [6, 6.07) is 23.0. The van der Waals surface area contributed by atoms with Gasteiger partial charge in [-0.3, -0.25) is 19.2 Å². The Labute approximate surface area is 485 Å². The van der Waals surface area contributed by atoms with Gasteiger partial charge in [0.05, 0.1) is 30.9 Å². The van der Waals surface area contributed by atoms with Crippen LogP contribution in [-0.2, 0) is 35.6 Å². The zero-order valence-corrected chi connectivity index (χ0v) is 46.9. The monoisotopic (exact) mass is 1170 g/mol. The van der Waals surface area contributed by atoms with Crippen LogP contribution in [0.5, 0.6) is 0 Å². The molecule has 18 nitrogen and oxygen atoms in total. The van der Waals surface area contributed by atoms with Crippen LogP contribution in [0.25, 0.3) is 45.3 Å². The van der Waals surface area contributed by atoms with Crippen LogP contribution in [0, 0.1) is 34.9 Å². The van der Waals surface area contributed by atoms with Gasteiger partial charge in [-0.15, -0.1) is 0 Å². The first-order valence-electron chi connectivity index (χ1n) is 27.4. The fraction of sp³-hybridized carbons (Fsp3) is 0.311. The predicted octanol–water partition coefficient (Wildman–Crippen LogP) is 6.97. The zero-order chi connectivity index (χ0) is 60.6. The molecule has 0 bridgehead atoms. The summed E-state index contributed by atoms with van der Waals surface area (Å²) in [6.07, 6.45) is 8.58. The number of benzene rings is 4. The number of aromatic nitrogens is 8. The number of Topliss-reactive ketones (excluding diaryl/α,β-unsaturated/α-hetero) is 1. The van der Waals surface area contributed by atoms with Crippen LogP contribution in [-0.4, -0.2) is 155 Å². The van der Waals surface area contributed by atoms with Gasteiger partial charge in [-0.25, -0.2) is 55.6 Å². The Morgan fingerprint density at radius 3 is 1.29 bits per heavy atom. The number of hydrogen-bond donors (Lipinski definition) is 2. The second-order valence-corrected chi connectivity index (χ2v) is 20.6. The summed E-state index contributed by atoms with van der Waals surface area (Å²) >= 11 is 0. The maximum Gasteiger partial charge on any atom is 0.304 e. The van der Waals surface area contributed by atoms with Crippen molar-refractivity contribution in [2.75, 3.05) is 79.5 Å². The van der Waals surface area contributed by atoms with E-state index >= 15 is 0 Å². The summed E-state index contributed by atoms with van der Waals surface area (Å²) in [5.74, 6) is -7.93. The molecule has 0 aliphatic carbocycles. The molecule has 0 unspecified atom stereocenters. The Morgan fingerprint density at radius 2 is 0.894 bits per heavy atom. The Morgan fingerprint density at radius 1 is 0.494 bits per heavy atom. The molecular formula is C61H63F6N13O5. The lowest BCUT2D eigenvalue weighted by atomic mass is 10.1. The minimum absolute atomic E-state index is 0.0131. The normalized spacial score (nSPS) is 14.0. The molecule has 0 spiro atoms. The molecule has 0 saturated carbocycles. The number of carboxylic acid groups (broad SMARTS) is 1. The number of rotatable bonds is 18. The van der Waals surface area contributed by atoms with Crippen LogP contribution in [0.3, 0.4) is 0 Å². The smallest absolute Gasteiger partial charge is 0.304 e. The minimum Gasteiger partial charge on any atom is -0.481 e. The number of nitrogens with two attached hydrogens (primary N) is 1. The second kappa shape index (κ2) is 29.7. The van der Waals surface area contributed by atoms with Gasteiger partial charge in [-0.2, -0.15) is 10.2 Å². The molecule has 2 fully saturated rings. The van der Waals surface area contributed by atoms with Crippen LogP contribution < -0.4 is 16.9 Å².